The van der Waals surface area contributed by atoms with Gasteiger partial charge in [0.05, 0.1) is 4.83 Å². The highest BCUT2D eigenvalue weighted by molar-refractivity contribution is 9.09. The molecule has 0 heterocycles. The van der Waals surface area contributed by atoms with Crippen molar-refractivity contribution in [3.05, 3.63) is 70.0 Å². The third-order valence-corrected chi connectivity index (χ3v) is 4.21. The van der Waals surface area contributed by atoms with Crippen molar-refractivity contribution in [1.29, 1.82) is 0 Å². The molecule has 0 bridgehead atoms. The zero-order valence-electron chi connectivity index (χ0n) is 10.8. The van der Waals surface area contributed by atoms with Crippen LogP contribution in [-0.4, -0.2) is 0 Å². The fourth-order valence-corrected chi connectivity index (χ4v) is 2.85. The van der Waals surface area contributed by atoms with Gasteiger partial charge in [0.25, 0.3) is 0 Å². The van der Waals surface area contributed by atoms with E-state index in [1.165, 1.54) is 16.7 Å². The molecule has 0 aliphatic heterocycles. The van der Waals surface area contributed by atoms with Crippen molar-refractivity contribution in [3.8, 4) is 0 Å². The number of benzene rings is 2. The number of halogens is 2. The average molecular weight is 307 g/mol. The maximum atomic E-state index is 13.6. The number of hydrogen-bond acceptors (Lipinski definition) is 0. The summed E-state index contributed by atoms with van der Waals surface area (Å²) in [5.41, 5.74) is 5.27. The molecule has 0 aliphatic rings. The van der Waals surface area contributed by atoms with Crippen LogP contribution in [0.5, 0.6) is 0 Å². The Kier molecular flexibility index (Phi) is 3.86. The number of rotatable bonds is 2. The van der Waals surface area contributed by atoms with Gasteiger partial charge in [-0.05, 0) is 49.1 Å². The smallest absolute Gasteiger partial charge is 0.126 e. The van der Waals surface area contributed by atoms with Crippen molar-refractivity contribution < 1.29 is 4.39 Å². The fraction of sp³-hybridized carbons (Fsp3) is 0.250. The number of aryl methyl sites for hydroxylation is 3. The lowest BCUT2D eigenvalue weighted by Crippen LogP contribution is -1.97. The lowest BCUT2D eigenvalue weighted by Gasteiger charge is -2.15. The first kappa shape index (κ1) is 13.3. The average Bonchev–Trinajstić information content (AvgIpc) is 2.32. The minimum atomic E-state index is -0.151. The molecule has 0 aliphatic carbocycles. The van der Waals surface area contributed by atoms with Gasteiger partial charge < -0.3 is 0 Å². The van der Waals surface area contributed by atoms with Crippen molar-refractivity contribution in [2.45, 2.75) is 25.6 Å². The maximum Gasteiger partial charge on any atom is 0.126 e. The van der Waals surface area contributed by atoms with Crippen LogP contribution in [0.3, 0.4) is 0 Å². The summed E-state index contributed by atoms with van der Waals surface area (Å²) in [5, 5.41) is 0. The molecule has 0 fully saturated rings. The predicted octanol–water partition coefficient (Wildman–Crippen LogP) is 5.24. The highest BCUT2D eigenvalue weighted by atomic mass is 79.9. The highest BCUT2D eigenvalue weighted by Gasteiger charge is 2.13. The van der Waals surface area contributed by atoms with Crippen molar-refractivity contribution >= 4 is 15.9 Å². The van der Waals surface area contributed by atoms with Gasteiger partial charge in [-0.2, -0.15) is 0 Å². The molecule has 2 heteroatoms. The van der Waals surface area contributed by atoms with E-state index in [1.807, 2.05) is 12.1 Å². The summed E-state index contributed by atoms with van der Waals surface area (Å²) >= 11 is 3.66. The molecular formula is C16H16BrF. The minimum absolute atomic E-state index is 0.0354. The largest absolute Gasteiger partial charge is 0.207 e. The zero-order valence-corrected chi connectivity index (χ0v) is 12.4. The molecule has 0 N–H and O–H groups in total. The van der Waals surface area contributed by atoms with E-state index in [-0.39, 0.29) is 10.6 Å². The molecule has 1 atom stereocenters. The Morgan fingerprint density at radius 1 is 0.944 bits per heavy atom. The van der Waals surface area contributed by atoms with Gasteiger partial charge in [-0.25, -0.2) is 4.39 Å². The van der Waals surface area contributed by atoms with Crippen molar-refractivity contribution in [3.63, 3.8) is 0 Å². The topological polar surface area (TPSA) is 0 Å². The monoisotopic (exact) mass is 306 g/mol. The van der Waals surface area contributed by atoms with E-state index in [2.05, 4.69) is 48.0 Å². The molecule has 0 nitrogen and oxygen atoms in total. The molecule has 94 valence electrons. The molecule has 0 amide bonds. The van der Waals surface area contributed by atoms with E-state index in [0.29, 0.717) is 5.56 Å². The number of alkyl halides is 1. The van der Waals surface area contributed by atoms with Crippen LogP contribution in [-0.2, 0) is 0 Å². The second kappa shape index (κ2) is 5.23. The fourth-order valence-electron chi connectivity index (χ4n) is 2.06. The van der Waals surface area contributed by atoms with Gasteiger partial charge in [0, 0.05) is 0 Å². The van der Waals surface area contributed by atoms with Gasteiger partial charge in [-0.15, -0.1) is 0 Å². The molecule has 2 rings (SSSR count). The van der Waals surface area contributed by atoms with Crippen LogP contribution < -0.4 is 0 Å². The summed E-state index contributed by atoms with van der Waals surface area (Å²) in [6.45, 7) is 5.94. The Bertz CT molecular complexity index is 575. The second-order valence-corrected chi connectivity index (χ2v) is 5.65. The Morgan fingerprint density at radius 3 is 2.28 bits per heavy atom. The third-order valence-electron chi connectivity index (χ3n) is 3.19. The van der Waals surface area contributed by atoms with Crippen LogP contribution in [0.2, 0.25) is 0 Å². The molecule has 2 aromatic carbocycles. The highest BCUT2D eigenvalue weighted by Crippen LogP contribution is 2.33. The van der Waals surface area contributed by atoms with Crippen LogP contribution >= 0.6 is 15.9 Å². The molecule has 0 aromatic heterocycles. The molecular weight excluding hydrogens is 291 g/mol. The molecule has 1 unspecified atom stereocenters. The van der Waals surface area contributed by atoms with Crippen LogP contribution in [0.25, 0.3) is 0 Å². The van der Waals surface area contributed by atoms with Crippen molar-refractivity contribution in [2.75, 3.05) is 0 Å². The van der Waals surface area contributed by atoms with Gasteiger partial charge in [0.15, 0.2) is 0 Å². The Balaban J connectivity index is 2.41. The van der Waals surface area contributed by atoms with Gasteiger partial charge in [-0.1, -0.05) is 51.8 Å². The van der Waals surface area contributed by atoms with Crippen molar-refractivity contribution in [1.82, 2.24) is 0 Å². The van der Waals surface area contributed by atoms with Crippen LogP contribution in [0.1, 0.15) is 32.6 Å². The molecule has 0 saturated carbocycles. The summed E-state index contributed by atoms with van der Waals surface area (Å²) in [7, 11) is 0. The first-order chi connectivity index (χ1) is 8.49. The Morgan fingerprint density at radius 2 is 1.67 bits per heavy atom. The van der Waals surface area contributed by atoms with Crippen LogP contribution in [0.4, 0.5) is 4.39 Å². The maximum absolute atomic E-state index is 13.6. The minimum Gasteiger partial charge on any atom is -0.207 e. The summed E-state index contributed by atoms with van der Waals surface area (Å²) < 4.78 is 13.6. The van der Waals surface area contributed by atoms with E-state index < -0.39 is 0 Å². The molecule has 0 saturated heterocycles. The second-order valence-electron chi connectivity index (χ2n) is 4.73. The summed E-state index contributed by atoms with van der Waals surface area (Å²) in [4.78, 5) is 0.0354. The van der Waals surface area contributed by atoms with Crippen LogP contribution in [0, 0.1) is 26.6 Å². The molecule has 0 spiro atoms. The van der Waals surface area contributed by atoms with Crippen LogP contribution in [0.15, 0.2) is 36.4 Å². The van der Waals surface area contributed by atoms with E-state index in [1.54, 1.807) is 13.0 Å². The van der Waals surface area contributed by atoms with E-state index >= 15 is 0 Å². The van der Waals surface area contributed by atoms with Gasteiger partial charge in [-0.3, -0.25) is 0 Å². The zero-order chi connectivity index (χ0) is 13.3. The standard InChI is InChI=1S/C16H16BrF/c1-10-4-7-14(12(3)8-10)16(17)13-6-5-11(2)15(18)9-13/h4-9,16H,1-3H3. The quantitative estimate of drug-likeness (QED) is 0.666. The summed E-state index contributed by atoms with van der Waals surface area (Å²) in [6.07, 6.45) is 0. The number of hydrogen-bond donors (Lipinski definition) is 0. The van der Waals surface area contributed by atoms with Gasteiger partial charge in [0.2, 0.25) is 0 Å². The Hall–Kier alpha value is -1.15. The normalized spacial score (nSPS) is 12.5. The van der Waals surface area contributed by atoms with Gasteiger partial charge in [0.1, 0.15) is 5.82 Å². The predicted molar refractivity (Wildman–Crippen MR) is 77.8 cm³/mol. The van der Waals surface area contributed by atoms with Crippen molar-refractivity contribution in [2.24, 2.45) is 0 Å². The lowest BCUT2D eigenvalue weighted by atomic mass is 9.98. The SMILES string of the molecule is Cc1ccc(C(Br)c2ccc(C)c(F)c2)c(C)c1. The summed E-state index contributed by atoms with van der Waals surface area (Å²) in [6, 6.07) is 11.7. The van der Waals surface area contributed by atoms with E-state index in [0.717, 1.165) is 5.56 Å². The Labute approximate surface area is 116 Å². The lowest BCUT2D eigenvalue weighted by molar-refractivity contribution is 0.616. The first-order valence-corrected chi connectivity index (χ1v) is 6.88. The first-order valence-electron chi connectivity index (χ1n) is 5.96. The molecule has 18 heavy (non-hydrogen) atoms. The summed E-state index contributed by atoms with van der Waals surface area (Å²) in [5.74, 6) is -0.151. The van der Waals surface area contributed by atoms with Gasteiger partial charge >= 0.3 is 0 Å². The van der Waals surface area contributed by atoms with E-state index in [9.17, 15) is 4.39 Å². The molecule has 0 radical (unpaired) electrons. The van der Waals surface area contributed by atoms with E-state index in [4.69, 9.17) is 0 Å². The molecule has 2 aromatic rings. The third kappa shape index (κ3) is 2.64.